The van der Waals surface area contributed by atoms with Crippen molar-refractivity contribution in [3.63, 3.8) is 0 Å². The van der Waals surface area contributed by atoms with Crippen LogP contribution in [-0.2, 0) is 6.42 Å². The third-order valence-electron chi connectivity index (χ3n) is 3.18. The molecule has 21 heavy (non-hydrogen) atoms. The normalized spacial score (nSPS) is 10.9. The topological polar surface area (TPSA) is 101 Å². The van der Waals surface area contributed by atoms with E-state index in [4.69, 9.17) is 5.73 Å². The fraction of sp³-hybridized carbons (Fsp3) is 0.357. The molecule has 7 heteroatoms. The Morgan fingerprint density at radius 1 is 1.48 bits per heavy atom. The fourth-order valence-corrected chi connectivity index (χ4v) is 2.95. The zero-order valence-corrected chi connectivity index (χ0v) is 13.0. The summed E-state index contributed by atoms with van der Waals surface area (Å²) in [4.78, 5) is 24.5. The molecular weight excluding hydrogens is 288 g/mol. The van der Waals surface area contributed by atoms with Crippen molar-refractivity contribution in [1.82, 2.24) is 10.2 Å². The molecule has 2 heterocycles. The molecule has 0 aliphatic rings. The average molecular weight is 306 g/mol. The lowest BCUT2D eigenvalue weighted by molar-refractivity contribution is 0.0996. The molecule has 2 amide bonds. The molecule has 0 aliphatic heterocycles. The lowest BCUT2D eigenvalue weighted by Crippen LogP contribution is -2.18. The van der Waals surface area contributed by atoms with Crippen LogP contribution in [0.25, 0.3) is 0 Å². The Hall–Kier alpha value is -2.15. The van der Waals surface area contributed by atoms with E-state index in [-0.39, 0.29) is 17.5 Å². The number of primary amides is 1. The number of H-pyrrole nitrogens is 1. The molecule has 6 nitrogen and oxygen atoms in total. The summed E-state index contributed by atoms with van der Waals surface area (Å²) in [7, 11) is 0. The Bertz CT molecular complexity index is 672. The molecule has 0 aliphatic carbocycles. The number of carbonyl (C=O) groups excluding carboxylic acids is 2. The Balaban J connectivity index is 2.36. The van der Waals surface area contributed by atoms with Crippen molar-refractivity contribution < 1.29 is 9.59 Å². The molecule has 2 aromatic rings. The van der Waals surface area contributed by atoms with E-state index < -0.39 is 5.91 Å². The van der Waals surface area contributed by atoms with Gasteiger partial charge in [0.25, 0.3) is 11.8 Å². The number of aromatic nitrogens is 2. The molecule has 0 atom stereocenters. The zero-order chi connectivity index (χ0) is 15.6. The smallest absolute Gasteiger partial charge is 0.271 e. The quantitative estimate of drug-likeness (QED) is 0.791. The van der Waals surface area contributed by atoms with E-state index in [1.807, 2.05) is 32.2 Å². The molecule has 2 rings (SSSR count). The number of thiophene rings is 1. The van der Waals surface area contributed by atoms with Gasteiger partial charge in [-0.3, -0.25) is 14.7 Å². The van der Waals surface area contributed by atoms with E-state index in [1.165, 1.54) is 11.3 Å². The van der Waals surface area contributed by atoms with Crippen LogP contribution in [0.15, 0.2) is 11.4 Å². The highest BCUT2D eigenvalue weighted by Crippen LogP contribution is 2.27. The molecule has 0 aromatic carbocycles. The summed E-state index contributed by atoms with van der Waals surface area (Å²) in [5.74, 6) is -0.835. The van der Waals surface area contributed by atoms with Gasteiger partial charge in [-0.15, -0.1) is 11.3 Å². The van der Waals surface area contributed by atoms with Crippen molar-refractivity contribution in [2.24, 2.45) is 5.73 Å². The van der Waals surface area contributed by atoms with Crippen LogP contribution in [0.2, 0.25) is 0 Å². The van der Waals surface area contributed by atoms with Crippen LogP contribution in [0, 0.1) is 0 Å². The number of aryl methyl sites for hydroxylation is 1. The number of carbonyl (C=O) groups is 2. The third-order valence-corrected chi connectivity index (χ3v) is 4.13. The van der Waals surface area contributed by atoms with E-state index in [2.05, 4.69) is 15.5 Å². The van der Waals surface area contributed by atoms with Gasteiger partial charge in [-0.25, -0.2) is 0 Å². The minimum atomic E-state index is -0.671. The summed E-state index contributed by atoms with van der Waals surface area (Å²) in [6.45, 7) is 5.87. The van der Waals surface area contributed by atoms with E-state index in [9.17, 15) is 9.59 Å². The van der Waals surface area contributed by atoms with Gasteiger partial charge < -0.3 is 11.1 Å². The van der Waals surface area contributed by atoms with Gasteiger partial charge in [0.05, 0.1) is 16.3 Å². The fourth-order valence-electron chi connectivity index (χ4n) is 2.06. The van der Waals surface area contributed by atoms with Gasteiger partial charge in [0.2, 0.25) is 0 Å². The first-order chi connectivity index (χ1) is 9.95. The van der Waals surface area contributed by atoms with Crippen LogP contribution in [0.1, 0.15) is 58.1 Å². The molecule has 0 saturated heterocycles. The van der Waals surface area contributed by atoms with E-state index in [1.54, 1.807) is 0 Å². The molecular formula is C14H18N4O2S. The largest absolute Gasteiger partial charge is 0.364 e. The van der Waals surface area contributed by atoms with Gasteiger partial charge in [-0.1, -0.05) is 20.8 Å². The van der Waals surface area contributed by atoms with Crippen molar-refractivity contribution in [2.75, 3.05) is 5.32 Å². The number of nitrogens with one attached hydrogen (secondary N) is 2. The first-order valence-corrected chi connectivity index (χ1v) is 7.59. The molecule has 0 spiro atoms. The molecule has 0 bridgehead atoms. The van der Waals surface area contributed by atoms with Crippen molar-refractivity contribution in [3.8, 4) is 0 Å². The maximum Gasteiger partial charge on any atom is 0.271 e. The third kappa shape index (κ3) is 2.97. The molecule has 4 N–H and O–H groups in total. The molecule has 0 fully saturated rings. The second-order valence-electron chi connectivity index (χ2n) is 4.96. The van der Waals surface area contributed by atoms with Crippen molar-refractivity contribution in [2.45, 2.75) is 33.1 Å². The highest BCUT2D eigenvalue weighted by molar-refractivity contribution is 7.12. The van der Waals surface area contributed by atoms with Crippen LogP contribution < -0.4 is 11.1 Å². The number of nitrogens with zero attached hydrogens (tertiary/aromatic N) is 1. The molecule has 112 valence electrons. The molecule has 0 unspecified atom stereocenters. The van der Waals surface area contributed by atoms with Gasteiger partial charge in [0, 0.05) is 0 Å². The highest BCUT2D eigenvalue weighted by atomic mass is 32.1. The molecule has 2 aromatic heterocycles. The van der Waals surface area contributed by atoms with Crippen LogP contribution in [0.3, 0.4) is 0 Å². The first-order valence-electron chi connectivity index (χ1n) is 6.71. The van der Waals surface area contributed by atoms with Gasteiger partial charge in [0.15, 0.2) is 5.69 Å². The Morgan fingerprint density at radius 3 is 2.76 bits per heavy atom. The van der Waals surface area contributed by atoms with E-state index >= 15 is 0 Å². The maximum absolute atomic E-state index is 12.4. The number of hydrogen-bond acceptors (Lipinski definition) is 4. The van der Waals surface area contributed by atoms with Crippen LogP contribution in [0.5, 0.6) is 0 Å². The van der Waals surface area contributed by atoms with Crippen LogP contribution in [0.4, 0.5) is 5.69 Å². The average Bonchev–Trinajstić information content (AvgIpc) is 3.04. The summed E-state index contributed by atoms with van der Waals surface area (Å²) in [5.41, 5.74) is 7.40. The van der Waals surface area contributed by atoms with Gasteiger partial charge in [0.1, 0.15) is 0 Å². The maximum atomic E-state index is 12.4. The molecule has 0 radical (unpaired) electrons. The summed E-state index contributed by atoms with van der Waals surface area (Å²) in [6.07, 6.45) is 0.775. The monoisotopic (exact) mass is 306 g/mol. The van der Waals surface area contributed by atoms with Crippen molar-refractivity contribution in [3.05, 3.63) is 33.3 Å². The van der Waals surface area contributed by atoms with Crippen LogP contribution in [-0.4, -0.2) is 22.0 Å². The second-order valence-corrected chi connectivity index (χ2v) is 5.88. The first kappa shape index (κ1) is 15.2. The van der Waals surface area contributed by atoms with Gasteiger partial charge in [-0.2, -0.15) is 5.10 Å². The predicted molar refractivity (Wildman–Crippen MR) is 82.8 cm³/mol. The highest BCUT2D eigenvalue weighted by Gasteiger charge is 2.22. The van der Waals surface area contributed by atoms with Gasteiger partial charge >= 0.3 is 0 Å². The summed E-state index contributed by atoms with van der Waals surface area (Å²) < 4.78 is 0. The van der Waals surface area contributed by atoms with Crippen molar-refractivity contribution >= 4 is 28.8 Å². The number of aromatic amines is 1. The summed E-state index contributed by atoms with van der Waals surface area (Å²) in [6, 6.07) is 1.92. The molecule has 0 saturated carbocycles. The zero-order valence-electron chi connectivity index (χ0n) is 12.2. The second kappa shape index (κ2) is 6.09. The Labute approximate surface area is 126 Å². The SMILES string of the molecule is CCc1ccsc1C(=O)Nc1c(C(N)=O)n[nH]c1C(C)C. The Kier molecular flexibility index (Phi) is 4.42. The summed E-state index contributed by atoms with van der Waals surface area (Å²) in [5, 5.41) is 11.3. The van der Waals surface area contributed by atoms with Crippen molar-refractivity contribution in [1.29, 1.82) is 0 Å². The number of rotatable bonds is 5. The van der Waals surface area contributed by atoms with Crippen LogP contribution >= 0.6 is 11.3 Å². The summed E-state index contributed by atoms with van der Waals surface area (Å²) >= 11 is 1.37. The minimum absolute atomic E-state index is 0.0571. The van der Waals surface area contributed by atoms with E-state index in [0.717, 1.165) is 12.0 Å². The standard InChI is InChI=1S/C14H18N4O2S/c1-4-8-5-6-21-12(8)14(20)16-10-9(7(2)3)17-18-11(10)13(15)19/h5-7H,4H2,1-3H3,(H2,15,19)(H,16,20)(H,17,18). The lowest BCUT2D eigenvalue weighted by atomic mass is 10.1. The minimum Gasteiger partial charge on any atom is -0.364 e. The number of anilines is 1. The number of nitrogens with two attached hydrogens (primary N) is 1. The predicted octanol–water partition coefficient (Wildman–Crippen LogP) is 2.51. The number of hydrogen-bond donors (Lipinski definition) is 3. The lowest BCUT2D eigenvalue weighted by Gasteiger charge is -2.09. The number of amides is 2. The Morgan fingerprint density at radius 2 is 2.19 bits per heavy atom. The van der Waals surface area contributed by atoms with Gasteiger partial charge in [-0.05, 0) is 29.3 Å². The van der Waals surface area contributed by atoms with E-state index in [0.29, 0.717) is 16.3 Å².